The molecule has 0 radical (unpaired) electrons. The number of aromatic hydroxyl groups is 2. The predicted octanol–water partition coefficient (Wildman–Crippen LogP) is 12.7. The maximum atomic E-state index is 15.3. The van der Waals surface area contributed by atoms with Crippen LogP contribution in [0, 0.1) is 52.8 Å². The van der Waals surface area contributed by atoms with Crippen LogP contribution >= 0.6 is 0 Å². The molecule has 10 nitrogen and oxygen atoms in total. The number of rotatable bonds is 7. The minimum Gasteiger partial charge on any atom is -0.508 e. The number of nitrogens with two attached hydrogens (primary N) is 1. The molecule has 0 amide bonds. The van der Waals surface area contributed by atoms with E-state index >= 15 is 4.79 Å². The number of methoxy groups -OCH3 is 1. The minimum atomic E-state index is -0.495. The van der Waals surface area contributed by atoms with Crippen molar-refractivity contribution in [1.82, 2.24) is 5.32 Å². The lowest BCUT2D eigenvalue weighted by Crippen LogP contribution is -2.50. The van der Waals surface area contributed by atoms with Gasteiger partial charge in [0.15, 0.2) is 23.2 Å². The summed E-state index contributed by atoms with van der Waals surface area (Å²) in [6.07, 6.45) is 27.4. The number of Topliss-reactive ketones (excluding diaryl/α,β-unsaturated/α-hetero) is 1. The summed E-state index contributed by atoms with van der Waals surface area (Å²) in [6.45, 7) is 2.63. The van der Waals surface area contributed by atoms with Gasteiger partial charge in [-0.2, -0.15) is 0 Å². The van der Waals surface area contributed by atoms with Gasteiger partial charge in [-0.3, -0.25) is 4.79 Å². The predicted molar refractivity (Wildman–Crippen MR) is 314 cm³/mol. The highest BCUT2D eigenvalue weighted by Crippen LogP contribution is 2.62. The Labute approximate surface area is 475 Å². The zero-order valence-corrected chi connectivity index (χ0v) is 47.6. The molecule has 424 valence electrons. The number of carbonyl (C=O) groups excluding carboxylic acids is 1. The van der Waals surface area contributed by atoms with Crippen molar-refractivity contribution < 1.29 is 34.7 Å². The Bertz CT molecular complexity index is 3070. The average molecular weight is 1080 g/mol. The Hall–Kier alpha value is -5.34. The summed E-state index contributed by atoms with van der Waals surface area (Å²) in [6, 6.07) is 17.7. The monoisotopic (exact) mass is 1080 g/mol. The molecular weight excluding hydrogens is 995 g/mol. The van der Waals surface area contributed by atoms with Crippen LogP contribution in [-0.2, 0) is 20.5 Å². The summed E-state index contributed by atoms with van der Waals surface area (Å²) in [5, 5.41) is 51.8. The molecule has 1 aliphatic heterocycles. The zero-order valence-electron chi connectivity index (χ0n) is 47.6. The molecule has 9 aliphatic carbocycles. The molecule has 10 aliphatic rings. The number of hydrogen-bond acceptors (Lipinski definition) is 10. The van der Waals surface area contributed by atoms with Gasteiger partial charge in [-0.05, 0) is 196 Å². The van der Waals surface area contributed by atoms with Crippen LogP contribution in [0.25, 0.3) is 0 Å². The molecule has 1 heterocycles. The number of carbonyl (C=O) groups is 1. The quantitative estimate of drug-likeness (QED) is 0.0997. The second-order valence-corrected chi connectivity index (χ2v) is 27.0. The first kappa shape index (κ1) is 53.9. The van der Waals surface area contributed by atoms with Crippen LogP contribution in [0.4, 0.5) is 0 Å². The smallest absolute Gasteiger partial charge is 0.189 e. The van der Waals surface area contributed by atoms with Gasteiger partial charge < -0.3 is 41.0 Å². The van der Waals surface area contributed by atoms with E-state index in [1.54, 1.807) is 7.11 Å². The first-order valence-electron chi connectivity index (χ1n) is 31.4. The zero-order chi connectivity index (χ0) is 54.9. The van der Waals surface area contributed by atoms with Crippen LogP contribution in [-0.4, -0.2) is 71.2 Å². The molecule has 5 saturated carbocycles. The van der Waals surface area contributed by atoms with E-state index in [-0.39, 0.29) is 96.1 Å². The molecule has 0 saturated heterocycles. The fourth-order valence-corrected chi connectivity index (χ4v) is 18.9. The summed E-state index contributed by atoms with van der Waals surface area (Å²) < 4.78 is 13.5. The Morgan fingerprint density at radius 1 is 0.863 bits per heavy atom. The number of allylic oxidation sites excluding steroid dienone is 4. The number of aliphatic hydroxyl groups is 2. The number of aliphatic imine (C=N–C) groups is 1. The van der Waals surface area contributed by atoms with E-state index in [2.05, 4.69) is 90.8 Å². The van der Waals surface area contributed by atoms with E-state index in [0.717, 1.165) is 143 Å². The molecule has 10 heteroatoms. The maximum Gasteiger partial charge on any atom is 0.189 e. The summed E-state index contributed by atoms with van der Waals surface area (Å²) in [7, 11) is 1.81. The molecular formula is C70H87N3O7. The van der Waals surface area contributed by atoms with Gasteiger partial charge >= 0.3 is 0 Å². The standard InChI is InChI=1S/C70H87N3O7/c1-42-28-54-45-30-49(36-51(76)32-45)69(24-10-11-25-69)47-14-12-15-48(35-47)70(26-7-3-8-27-70)73-67(71)72-50-16-13-19-53-55(43-21-22-44-38-68(41-75)23-9-6-20-60(68)58(39-74)63(44)61(77)34-43)37-62(80-52-17-4-5-18-52)66(78)65(53)64-57(29-42)56(54)33-46(31-50)59(64)40-79-2/h9,12,14-15,23,30,32-33,35-37,42-44,46,50,52,54,57,59-60,64,74-76,78H,3-8,10-11,16-18,20-22,24-29,31,34,38-41H2,1-2H3,(H3,71,72,73). The topological polar surface area (TPSA) is 167 Å². The first-order valence-corrected chi connectivity index (χ1v) is 31.4. The number of ether oxygens (including phenoxy) is 2. The minimum absolute atomic E-state index is 0.00701. The van der Waals surface area contributed by atoms with Crippen molar-refractivity contribution in [3.8, 4) is 29.1 Å². The highest BCUT2D eigenvalue weighted by atomic mass is 16.5. The third-order valence-corrected chi connectivity index (χ3v) is 22.5. The van der Waals surface area contributed by atoms with Crippen molar-refractivity contribution in [1.29, 1.82) is 0 Å². The number of aliphatic hydroxyl groups excluding tert-OH is 2. The number of benzene rings is 3. The number of nitrogens with zero attached hydrogens (tertiary/aromatic N) is 1. The Morgan fingerprint density at radius 3 is 2.44 bits per heavy atom. The van der Waals surface area contributed by atoms with Crippen LogP contribution in [0.5, 0.6) is 17.2 Å². The molecule has 5 fully saturated rings. The van der Waals surface area contributed by atoms with Crippen LogP contribution in [0.15, 0.2) is 88.5 Å². The van der Waals surface area contributed by atoms with Gasteiger partial charge in [0.1, 0.15) is 5.75 Å². The van der Waals surface area contributed by atoms with Gasteiger partial charge in [0.2, 0.25) is 0 Å². The molecule has 11 unspecified atom stereocenters. The molecule has 8 bridgehead atoms. The lowest BCUT2D eigenvalue weighted by atomic mass is 9.55. The second-order valence-electron chi connectivity index (χ2n) is 27.0. The van der Waals surface area contributed by atoms with Crippen molar-refractivity contribution in [3.05, 3.63) is 122 Å². The second kappa shape index (κ2) is 21.8. The summed E-state index contributed by atoms with van der Waals surface area (Å²) in [5.74, 6) is 8.59. The van der Waals surface area contributed by atoms with Gasteiger partial charge in [0, 0.05) is 59.3 Å². The van der Waals surface area contributed by atoms with Crippen molar-refractivity contribution >= 4 is 11.7 Å². The third-order valence-electron chi connectivity index (χ3n) is 22.5. The average Bonchev–Trinajstić information content (AvgIpc) is 4.23. The van der Waals surface area contributed by atoms with Gasteiger partial charge in [-0.1, -0.05) is 105 Å². The van der Waals surface area contributed by atoms with Crippen LogP contribution in [0.1, 0.15) is 211 Å². The molecule has 11 atom stereocenters. The number of fused-ring (bicyclic) bond motifs is 15. The number of hydrogen-bond donors (Lipinski definition) is 6. The van der Waals surface area contributed by atoms with E-state index in [0.29, 0.717) is 55.7 Å². The molecule has 7 N–H and O–H groups in total. The van der Waals surface area contributed by atoms with Gasteiger partial charge in [-0.25, -0.2) is 4.99 Å². The summed E-state index contributed by atoms with van der Waals surface area (Å²) >= 11 is 0. The molecule has 0 aromatic heterocycles. The first-order chi connectivity index (χ1) is 38.9. The van der Waals surface area contributed by atoms with Crippen LogP contribution in [0.2, 0.25) is 0 Å². The highest BCUT2D eigenvalue weighted by Gasteiger charge is 2.52. The summed E-state index contributed by atoms with van der Waals surface area (Å²) in [5.41, 5.74) is 16.6. The Balaban J connectivity index is 1.03. The SMILES string of the molecule is COCC1C2C=C3C4CC(C)CC3C1c1c(O)c(OC3CCCC3)cc(C3CCC5CC6(CO)C=CCCC6C(CO)=C5C(=O)C3)c1C#CCC(C2)N=C(N)NC1(CCCCC1)c1cccc(c1)C1(CCCC1)c1cc(O)cc4c1. The number of phenolic OH excluding ortho intramolecular Hbond substituents is 2. The molecule has 3 aromatic carbocycles. The van der Waals surface area contributed by atoms with Crippen molar-refractivity contribution in [3.63, 3.8) is 0 Å². The molecule has 13 rings (SSSR count). The number of nitrogens with one attached hydrogen (secondary N) is 1. The number of guanidine groups is 1. The van der Waals surface area contributed by atoms with Crippen LogP contribution in [0.3, 0.4) is 0 Å². The molecule has 2 spiro atoms. The van der Waals surface area contributed by atoms with E-state index < -0.39 is 11.0 Å². The summed E-state index contributed by atoms with van der Waals surface area (Å²) in [4.78, 5) is 20.8. The fraction of sp³-hybridized carbons (Fsp3) is 0.600. The van der Waals surface area contributed by atoms with E-state index in [4.69, 9.17) is 20.2 Å². The lowest BCUT2D eigenvalue weighted by molar-refractivity contribution is -0.116. The van der Waals surface area contributed by atoms with Crippen molar-refractivity contribution in [2.45, 2.75) is 195 Å². The van der Waals surface area contributed by atoms with E-state index in [1.807, 2.05) is 0 Å². The van der Waals surface area contributed by atoms with E-state index in [1.165, 1.54) is 28.7 Å². The van der Waals surface area contributed by atoms with Crippen LogP contribution < -0.4 is 15.8 Å². The third kappa shape index (κ3) is 9.36. The molecule has 3 aromatic rings. The lowest BCUT2D eigenvalue weighted by Gasteiger charge is -2.50. The van der Waals surface area contributed by atoms with Gasteiger partial charge in [0.05, 0.1) is 37.5 Å². The Kier molecular flexibility index (Phi) is 14.7. The van der Waals surface area contributed by atoms with Gasteiger partial charge in [0.25, 0.3) is 0 Å². The maximum absolute atomic E-state index is 15.3. The van der Waals surface area contributed by atoms with Gasteiger partial charge in [-0.15, -0.1) is 0 Å². The van der Waals surface area contributed by atoms with E-state index in [9.17, 15) is 20.4 Å². The normalized spacial score (nSPS) is 33.3. The Morgan fingerprint density at radius 2 is 1.65 bits per heavy atom. The number of phenols is 2. The fourth-order valence-electron chi connectivity index (χ4n) is 18.9. The highest BCUT2D eigenvalue weighted by molar-refractivity contribution is 5.98. The van der Waals surface area contributed by atoms with Crippen molar-refractivity contribution in [2.75, 3.05) is 26.9 Å². The molecule has 80 heavy (non-hydrogen) atoms. The largest absolute Gasteiger partial charge is 0.508 e. The van der Waals surface area contributed by atoms with Crippen molar-refractivity contribution in [2.24, 2.45) is 51.6 Å². The number of ketones is 1.